The summed E-state index contributed by atoms with van der Waals surface area (Å²) in [4.78, 5) is 4.24. The number of nitrogens with zero attached hydrogens (tertiary/aromatic N) is 2. The van der Waals surface area contributed by atoms with Gasteiger partial charge in [-0.25, -0.2) is 4.39 Å². The third-order valence-corrected chi connectivity index (χ3v) is 3.43. The Kier molecular flexibility index (Phi) is 2.31. The van der Waals surface area contributed by atoms with Gasteiger partial charge in [0.2, 0.25) is 11.7 Å². The average molecular weight is 298 g/mol. The zero-order chi connectivity index (χ0) is 12.0. The van der Waals surface area contributed by atoms with Crippen LogP contribution in [0.4, 0.5) is 4.39 Å². The van der Waals surface area contributed by atoms with Crippen molar-refractivity contribution >= 4 is 15.9 Å². The highest BCUT2D eigenvalue weighted by molar-refractivity contribution is 9.10. The van der Waals surface area contributed by atoms with Crippen molar-refractivity contribution in [3.8, 4) is 11.4 Å². The van der Waals surface area contributed by atoms with Crippen molar-refractivity contribution in [2.45, 2.75) is 18.4 Å². The van der Waals surface area contributed by atoms with E-state index in [0.29, 0.717) is 21.8 Å². The lowest BCUT2D eigenvalue weighted by Crippen LogP contribution is -2.18. The van der Waals surface area contributed by atoms with Gasteiger partial charge < -0.3 is 10.3 Å². The van der Waals surface area contributed by atoms with E-state index in [2.05, 4.69) is 26.1 Å². The Bertz CT molecular complexity index is 580. The number of halogens is 2. The molecule has 2 aromatic rings. The molecule has 0 radical (unpaired) electrons. The zero-order valence-electron chi connectivity index (χ0n) is 8.78. The molecule has 0 amide bonds. The molecule has 0 aliphatic heterocycles. The van der Waals surface area contributed by atoms with Crippen molar-refractivity contribution in [1.29, 1.82) is 0 Å². The maximum Gasteiger partial charge on any atom is 0.247 e. The molecule has 6 heteroatoms. The molecule has 0 atom stereocenters. The normalized spacial score (nSPS) is 17.1. The third kappa shape index (κ3) is 1.87. The van der Waals surface area contributed by atoms with Crippen LogP contribution in [0.3, 0.4) is 0 Å². The minimum atomic E-state index is -0.442. The van der Waals surface area contributed by atoms with Crippen molar-refractivity contribution in [3.05, 3.63) is 34.4 Å². The van der Waals surface area contributed by atoms with Crippen LogP contribution in [0.2, 0.25) is 0 Å². The fourth-order valence-electron chi connectivity index (χ4n) is 1.53. The first-order valence-electron chi connectivity index (χ1n) is 5.17. The van der Waals surface area contributed by atoms with Crippen LogP contribution in [-0.4, -0.2) is 10.1 Å². The van der Waals surface area contributed by atoms with Crippen LogP contribution in [0.15, 0.2) is 27.2 Å². The van der Waals surface area contributed by atoms with Crippen LogP contribution in [0.5, 0.6) is 0 Å². The summed E-state index contributed by atoms with van der Waals surface area (Å²) in [6, 6.07) is 4.57. The maximum absolute atomic E-state index is 13.1. The van der Waals surface area contributed by atoms with E-state index in [1.165, 1.54) is 6.07 Å². The molecule has 1 heterocycles. The molecule has 4 nitrogen and oxygen atoms in total. The SMILES string of the molecule is NC1(c2nc(-c3ccc(F)c(Br)c3)no2)CC1. The monoisotopic (exact) mass is 297 g/mol. The molecule has 1 saturated carbocycles. The van der Waals surface area contributed by atoms with Crippen LogP contribution in [0.25, 0.3) is 11.4 Å². The highest BCUT2D eigenvalue weighted by atomic mass is 79.9. The molecule has 1 aromatic heterocycles. The van der Waals surface area contributed by atoms with E-state index >= 15 is 0 Å². The number of rotatable bonds is 2. The largest absolute Gasteiger partial charge is 0.337 e. The Morgan fingerprint density at radius 3 is 2.82 bits per heavy atom. The Hall–Kier alpha value is -1.27. The molecule has 0 unspecified atom stereocenters. The van der Waals surface area contributed by atoms with Crippen LogP contribution >= 0.6 is 15.9 Å². The summed E-state index contributed by atoms with van der Waals surface area (Å²) in [6.45, 7) is 0. The first-order valence-corrected chi connectivity index (χ1v) is 5.96. The molecule has 0 saturated heterocycles. The van der Waals surface area contributed by atoms with Crippen molar-refractivity contribution in [3.63, 3.8) is 0 Å². The minimum absolute atomic E-state index is 0.324. The first-order chi connectivity index (χ1) is 8.08. The molecular formula is C11H9BrFN3O. The molecule has 3 rings (SSSR count). The van der Waals surface area contributed by atoms with Crippen molar-refractivity contribution in [2.75, 3.05) is 0 Å². The van der Waals surface area contributed by atoms with E-state index in [1.807, 2.05) is 0 Å². The average Bonchev–Trinajstić information content (AvgIpc) is 2.88. The summed E-state index contributed by atoms with van der Waals surface area (Å²) >= 11 is 3.12. The van der Waals surface area contributed by atoms with E-state index in [4.69, 9.17) is 10.3 Å². The van der Waals surface area contributed by atoms with Gasteiger partial charge in [-0.1, -0.05) is 5.16 Å². The van der Waals surface area contributed by atoms with Gasteiger partial charge in [0.25, 0.3) is 0 Å². The lowest BCUT2D eigenvalue weighted by molar-refractivity contribution is 0.348. The number of nitrogens with two attached hydrogens (primary N) is 1. The maximum atomic E-state index is 13.1. The topological polar surface area (TPSA) is 64.9 Å². The van der Waals surface area contributed by atoms with Gasteiger partial charge in [-0.3, -0.25) is 0 Å². The second-order valence-electron chi connectivity index (χ2n) is 4.21. The van der Waals surface area contributed by atoms with Gasteiger partial charge in [-0.15, -0.1) is 0 Å². The summed E-state index contributed by atoms with van der Waals surface area (Å²) < 4.78 is 18.6. The summed E-state index contributed by atoms with van der Waals surface area (Å²) in [7, 11) is 0. The number of aromatic nitrogens is 2. The fraction of sp³-hybridized carbons (Fsp3) is 0.273. The van der Waals surface area contributed by atoms with Crippen LogP contribution in [-0.2, 0) is 5.54 Å². The molecule has 0 spiro atoms. The predicted molar refractivity (Wildman–Crippen MR) is 62.5 cm³/mol. The van der Waals surface area contributed by atoms with Gasteiger partial charge in [0.15, 0.2) is 0 Å². The summed E-state index contributed by atoms with van der Waals surface area (Å²) in [6.07, 6.45) is 1.73. The smallest absolute Gasteiger partial charge is 0.247 e. The van der Waals surface area contributed by atoms with Gasteiger partial charge in [-0.05, 0) is 47.0 Å². The quantitative estimate of drug-likeness (QED) is 0.925. The van der Waals surface area contributed by atoms with Crippen LogP contribution in [0.1, 0.15) is 18.7 Å². The van der Waals surface area contributed by atoms with Gasteiger partial charge >= 0.3 is 0 Å². The Balaban J connectivity index is 1.98. The zero-order valence-corrected chi connectivity index (χ0v) is 10.4. The first kappa shape index (κ1) is 10.9. The highest BCUT2D eigenvalue weighted by Gasteiger charge is 2.45. The third-order valence-electron chi connectivity index (χ3n) is 2.82. The number of hydrogen-bond acceptors (Lipinski definition) is 4. The van der Waals surface area contributed by atoms with Crippen molar-refractivity contribution in [2.24, 2.45) is 5.73 Å². The second kappa shape index (κ2) is 3.61. The van der Waals surface area contributed by atoms with Gasteiger partial charge in [0, 0.05) is 5.56 Å². The molecule has 1 aromatic carbocycles. The predicted octanol–water partition coefficient (Wildman–Crippen LogP) is 2.59. The molecule has 88 valence electrons. The van der Waals surface area contributed by atoms with Gasteiger partial charge in [0.05, 0.1) is 10.0 Å². The highest BCUT2D eigenvalue weighted by Crippen LogP contribution is 2.42. The molecule has 1 fully saturated rings. The molecule has 1 aliphatic rings. The lowest BCUT2D eigenvalue weighted by atomic mass is 10.2. The van der Waals surface area contributed by atoms with Gasteiger partial charge in [0.1, 0.15) is 5.82 Å². The van der Waals surface area contributed by atoms with Crippen LogP contribution in [0, 0.1) is 5.82 Å². The number of benzene rings is 1. The van der Waals surface area contributed by atoms with Crippen molar-refractivity contribution < 1.29 is 8.91 Å². The summed E-state index contributed by atoms with van der Waals surface area (Å²) in [5, 5.41) is 3.85. The Morgan fingerprint density at radius 2 is 2.18 bits per heavy atom. The molecule has 1 aliphatic carbocycles. The Labute approximate surface area is 105 Å². The van der Waals surface area contributed by atoms with Crippen molar-refractivity contribution in [1.82, 2.24) is 10.1 Å². The van der Waals surface area contributed by atoms with Gasteiger partial charge in [-0.2, -0.15) is 4.98 Å². The van der Waals surface area contributed by atoms with E-state index in [-0.39, 0.29) is 5.82 Å². The molecule has 17 heavy (non-hydrogen) atoms. The summed E-state index contributed by atoms with van der Waals surface area (Å²) in [5.74, 6) is 0.556. The molecular weight excluding hydrogens is 289 g/mol. The standard InChI is InChI=1S/C11H9BrFN3O/c12-7-5-6(1-2-8(7)13)9-15-10(17-16-9)11(14)3-4-11/h1-2,5H,3-4,14H2. The Morgan fingerprint density at radius 1 is 1.41 bits per heavy atom. The van der Waals surface area contributed by atoms with E-state index in [0.717, 1.165) is 12.8 Å². The van der Waals surface area contributed by atoms with E-state index in [9.17, 15) is 4.39 Å². The van der Waals surface area contributed by atoms with E-state index in [1.54, 1.807) is 12.1 Å². The summed E-state index contributed by atoms with van der Waals surface area (Å²) in [5.41, 5.74) is 6.20. The van der Waals surface area contributed by atoms with E-state index < -0.39 is 5.54 Å². The number of hydrogen-bond donors (Lipinski definition) is 1. The lowest BCUT2D eigenvalue weighted by Gasteiger charge is -1.98. The minimum Gasteiger partial charge on any atom is -0.337 e. The van der Waals surface area contributed by atoms with Crippen LogP contribution < -0.4 is 5.73 Å². The molecule has 0 bridgehead atoms. The fourth-order valence-corrected chi connectivity index (χ4v) is 1.91. The molecule has 2 N–H and O–H groups in total. The second-order valence-corrected chi connectivity index (χ2v) is 5.06.